The third-order valence-electron chi connectivity index (χ3n) is 4.07. The first-order valence-electron chi connectivity index (χ1n) is 7.30. The topological polar surface area (TPSA) is 44.0 Å². The number of aromatic amines is 1. The van der Waals surface area contributed by atoms with Crippen LogP contribution in [0.5, 0.6) is 0 Å². The molecule has 18 heavy (non-hydrogen) atoms. The average molecular weight is 248 g/mol. The molecule has 0 radical (unpaired) electrons. The van der Waals surface area contributed by atoms with E-state index in [9.17, 15) is 0 Å². The minimum absolute atomic E-state index is 0.816. The van der Waals surface area contributed by atoms with Gasteiger partial charge >= 0.3 is 0 Å². The lowest BCUT2D eigenvalue weighted by Gasteiger charge is -2.17. The van der Waals surface area contributed by atoms with Gasteiger partial charge in [-0.05, 0) is 51.1 Å². The summed E-state index contributed by atoms with van der Waals surface area (Å²) in [6.07, 6.45) is 7.79. The van der Waals surface area contributed by atoms with Crippen LogP contribution in [0.25, 0.3) is 0 Å². The highest BCUT2D eigenvalue weighted by atomic mass is 15.2. The van der Waals surface area contributed by atoms with Gasteiger partial charge in [0, 0.05) is 31.4 Å². The number of aromatic nitrogens is 2. The maximum absolute atomic E-state index is 4.51. The summed E-state index contributed by atoms with van der Waals surface area (Å²) in [4.78, 5) is 2.38. The fraction of sp³-hybridized carbons (Fsp3) is 0.786. The molecule has 2 aliphatic rings. The van der Waals surface area contributed by atoms with E-state index >= 15 is 0 Å². The van der Waals surface area contributed by atoms with Gasteiger partial charge in [0.05, 0.1) is 5.69 Å². The second-order valence-corrected chi connectivity index (χ2v) is 5.80. The Morgan fingerprint density at radius 1 is 1.33 bits per heavy atom. The van der Waals surface area contributed by atoms with Crippen molar-refractivity contribution in [1.82, 2.24) is 20.4 Å². The molecular weight excluding hydrogens is 224 g/mol. The zero-order valence-corrected chi connectivity index (χ0v) is 11.3. The highest BCUT2D eigenvalue weighted by Gasteiger charge is 2.20. The maximum Gasteiger partial charge on any atom is 0.0796 e. The van der Waals surface area contributed by atoms with Gasteiger partial charge in [-0.1, -0.05) is 0 Å². The lowest BCUT2D eigenvalue weighted by atomic mass is 9.96. The van der Waals surface area contributed by atoms with Crippen LogP contribution < -0.4 is 5.32 Å². The number of nitrogens with one attached hydrogen (secondary N) is 2. The van der Waals surface area contributed by atoms with E-state index in [-0.39, 0.29) is 0 Å². The van der Waals surface area contributed by atoms with Crippen molar-refractivity contribution in [1.29, 1.82) is 0 Å². The predicted octanol–water partition coefficient (Wildman–Crippen LogP) is 1.47. The molecule has 2 N–H and O–H groups in total. The fourth-order valence-corrected chi connectivity index (χ4v) is 2.76. The molecule has 1 aromatic heterocycles. The summed E-state index contributed by atoms with van der Waals surface area (Å²) >= 11 is 0. The molecule has 2 aliphatic carbocycles. The number of aryl methyl sites for hydroxylation is 1. The maximum atomic E-state index is 4.51. The molecule has 3 rings (SSSR count). The van der Waals surface area contributed by atoms with Crippen molar-refractivity contribution < 1.29 is 0 Å². The fourth-order valence-electron chi connectivity index (χ4n) is 2.76. The van der Waals surface area contributed by atoms with Crippen LogP contribution in [0.2, 0.25) is 0 Å². The molecule has 1 heterocycles. The molecule has 0 atom stereocenters. The highest BCUT2D eigenvalue weighted by molar-refractivity contribution is 5.27. The van der Waals surface area contributed by atoms with Crippen molar-refractivity contribution in [3.05, 3.63) is 17.0 Å². The second kappa shape index (κ2) is 5.41. The van der Waals surface area contributed by atoms with E-state index in [1.165, 1.54) is 55.5 Å². The number of fused-ring (bicyclic) bond motifs is 1. The van der Waals surface area contributed by atoms with Crippen LogP contribution in [-0.4, -0.2) is 41.3 Å². The van der Waals surface area contributed by atoms with Gasteiger partial charge < -0.3 is 5.32 Å². The summed E-state index contributed by atoms with van der Waals surface area (Å²) in [6, 6.07) is 0.816. The third-order valence-corrected chi connectivity index (χ3v) is 4.07. The molecular formula is C14H24N4. The van der Waals surface area contributed by atoms with Crippen molar-refractivity contribution in [2.45, 2.75) is 51.1 Å². The van der Waals surface area contributed by atoms with Gasteiger partial charge in [0.15, 0.2) is 0 Å². The molecule has 1 fully saturated rings. The second-order valence-electron chi connectivity index (χ2n) is 5.80. The highest BCUT2D eigenvalue weighted by Crippen LogP contribution is 2.22. The van der Waals surface area contributed by atoms with E-state index in [1.54, 1.807) is 0 Å². The largest absolute Gasteiger partial charge is 0.313 e. The summed E-state index contributed by atoms with van der Waals surface area (Å²) in [5.41, 5.74) is 4.17. The van der Waals surface area contributed by atoms with Gasteiger partial charge in [0.2, 0.25) is 0 Å². The van der Waals surface area contributed by atoms with E-state index in [1.807, 2.05) is 0 Å². The first-order chi connectivity index (χ1) is 8.83. The third kappa shape index (κ3) is 2.93. The van der Waals surface area contributed by atoms with E-state index in [0.29, 0.717) is 0 Å². The van der Waals surface area contributed by atoms with Gasteiger partial charge in [-0.15, -0.1) is 0 Å². The average Bonchev–Trinajstić information content (AvgIpc) is 3.11. The van der Waals surface area contributed by atoms with Crippen LogP contribution >= 0.6 is 0 Å². The quantitative estimate of drug-likeness (QED) is 0.801. The molecule has 1 aromatic rings. The monoisotopic (exact) mass is 248 g/mol. The van der Waals surface area contributed by atoms with E-state index in [0.717, 1.165) is 25.7 Å². The minimum Gasteiger partial charge on any atom is -0.313 e. The van der Waals surface area contributed by atoms with Gasteiger partial charge in [0.1, 0.15) is 0 Å². The van der Waals surface area contributed by atoms with E-state index in [4.69, 9.17) is 0 Å². The van der Waals surface area contributed by atoms with E-state index < -0.39 is 0 Å². The molecule has 1 saturated carbocycles. The van der Waals surface area contributed by atoms with Crippen molar-refractivity contribution in [3.8, 4) is 0 Å². The van der Waals surface area contributed by atoms with Gasteiger partial charge in [-0.2, -0.15) is 5.10 Å². The minimum atomic E-state index is 0.816. The number of H-pyrrole nitrogens is 1. The molecule has 0 spiro atoms. The van der Waals surface area contributed by atoms with Gasteiger partial charge in [-0.25, -0.2) is 0 Å². The van der Waals surface area contributed by atoms with Crippen LogP contribution in [0.3, 0.4) is 0 Å². The first-order valence-corrected chi connectivity index (χ1v) is 7.30. The number of hydrogen-bond acceptors (Lipinski definition) is 3. The van der Waals surface area contributed by atoms with Crippen molar-refractivity contribution >= 4 is 0 Å². The molecule has 100 valence electrons. The standard InChI is InChI=1S/C14H24N4/c1-18(9-8-15-11-6-7-11)10-14-12-4-2-3-5-13(12)16-17-14/h11,15H,2-10H2,1H3,(H,16,17). The lowest BCUT2D eigenvalue weighted by Crippen LogP contribution is -2.30. The Morgan fingerprint density at radius 2 is 2.17 bits per heavy atom. The number of rotatable bonds is 6. The lowest BCUT2D eigenvalue weighted by molar-refractivity contribution is 0.319. The Bertz CT molecular complexity index is 394. The molecule has 4 heteroatoms. The van der Waals surface area contributed by atoms with Crippen LogP contribution in [0.4, 0.5) is 0 Å². The summed E-state index contributed by atoms with van der Waals surface area (Å²) in [5.74, 6) is 0. The molecule has 0 saturated heterocycles. The zero-order chi connectivity index (χ0) is 12.4. The Kier molecular flexibility index (Phi) is 3.66. The smallest absolute Gasteiger partial charge is 0.0796 e. The van der Waals surface area contributed by atoms with Gasteiger partial charge in [-0.3, -0.25) is 10.00 Å². The van der Waals surface area contributed by atoms with Crippen molar-refractivity contribution in [2.24, 2.45) is 0 Å². The Hall–Kier alpha value is -0.870. The number of hydrogen-bond donors (Lipinski definition) is 2. The molecule has 0 aliphatic heterocycles. The Balaban J connectivity index is 1.49. The first kappa shape index (κ1) is 12.2. The van der Waals surface area contributed by atoms with Crippen molar-refractivity contribution in [2.75, 3.05) is 20.1 Å². The predicted molar refractivity (Wildman–Crippen MR) is 72.6 cm³/mol. The molecule has 0 amide bonds. The van der Waals surface area contributed by atoms with Crippen LogP contribution in [0.1, 0.15) is 42.6 Å². The Labute approximate surface area is 109 Å². The number of nitrogens with zero attached hydrogens (tertiary/aromatic N) is 2. The summed E-state index contributed by atoms with van der Waals surface area (Å²) in [6.45, 7) is 3.20. The van der Waals surface area contributed by atoms with Crippen LogP contribution in [-0.2, 0) is 19.4 Å². The van der Waals surface area contributed by atoms with Crippen LogP contribution in [0, 0.1) is 0 Å². The Morgan fingerprint density at radius 3 is 3.00 bits per heavy atom. The van der Waals surface area contributed by atoms with Gasteiger partial charge in [0.25, 0.3) is 0 Å². The molecule has 0 aromatic carbocycles. The molecule has 4 nitrogen and oxygen atoms in total. The van der Waals surface area contributed by atoms with Crippen LogP contribution in [0.15, 0.2) is 0 Å². The SMILES string of the molecule is CN(CCNC1CC1)Cc1n[nH]c2c1CCCC2. The molecule has 0 unspecified atom stereocenters. The normalized spacial score (nSPS) is 19.2. The number of likely N-dealkylation sites (N-methyl/N-ethyl adjacent to an activating group) is 1. The van der Waals surface area contributed by atoms with E-state index in [2.05, 4.69) is 27.5 Å². The summed E-state index contributed by atoms with van der Waals surface area (Å²) in [7, 11) is 2.19. The molecule has 0 bridgehead atoms. The van der Waals surface area contributed by atoms with Crippen molar-refractivity contribution in [3.63, 3.8) is 0 Å². The summed E-state index contributed by atoms with van der Waals surface area (Å²) < 4.78 is 0. The summed E-state index contributed by atoms with van der Waals surface area (Å²) in [5, 5.41) is 11.3. The zero-order valence-electron chi connectivity index (χ0n) is 11.3.